The number of carbonyl (C=O) groups is 1. The molecular weight excluding hydrogens is 435 g/mol. The maximum absolute atomic E-state index is 13.3. The zero-order chi connectivity index (χ0) is 22.0. The lowest BCUT2D eigenvalue weighted by Crippen LogP contribution is -2.27. The van der Waals surface area contributed by atoms with E-state index in [9.17, 15) is 9.59 Å². The van der Waals surface area contributed by atoms with E-state index < -0.39 is 11.3 Å². The zero-order valence-corrected chi connectivity index (χ0v) is 18.1. The van der Waals surface area contributed by atoms with Gasteiger partial charge in [0.1, 0.15) is 11.3 Å². The normalized spacial score (nSPS) is 10.8. The number of nitrogens with one attached hydrogen (secondary N) is 1. The van der Waals surface area contributed by atoms with E-state index in [1.54, 1.807) is 67.8 Å². The fourth-order valence-electron chi connectivity index (χ4n) is 3.43. The Balaban J connectivity index is 1.93. The average molecular weight is 453 g/mol. The molecule has 0 saturated carbocycles. The fraction of sp³-hybridized carbons (Fsp3) is 0.0833. The number of halogens is 2. The van der Waals surface area contributed by atoms with Crippen LogP contribution in [0.4, 0.5) is 5.69 Å². The Morgan fingerprint density at radius 2 is 1.71 bits per heavy atom. The monoisotopic (exact) mass is 452 g/mol. The lowest BCUT2D eigenvalue weighted by Gasteiger charge is -2.20. The van der Waals surface area contributed by atoms with Gasteiger partial charge >= 0.3 is 0 Å². The molecule has 2 heterocycles. The minimum Gasteiger partial charge on any atom is -0.467 e. The molecule has 7 heteroatoms. The number of pyridine rings is 1. The molecule has 31 heavy (non-hydrogen) atoms. The second-order valence-electron chi connectivity index (χ2n) is 6.95. The van der Waals surface area contributed by atoms with Crippen LogP contribution in [0.3, 0.4) is 0 Å². The molecule has 4 rings (SSSR count). The maximum Gasteiger partial charge on any atom is 0.261 e. The Labute approximate surface area is 188 Å². The highest BCUT2D eigenvalue weighted by molar-refractivity contribution is 6.34. The lowest BCUT2D eigenvalue weighted by molar-refractivity contribution is 0.102. The van der Waals surface area contributed by atoms with Crippen molar-refractivity contribution >= 4 is 34.8 Å². The number of rotatable bonds is 5. The molecule has 0 aliphatic heterocycles. The summed E-state index contributed by atoms with van der Waals surface area (Å²) in [5, 5.41) is 3.55. The Morgan fingerprint density at radius 1 is 1.00 bits per heavy atom. The van der Waals surface area contributed by atoms with Crippen LogP contribution in [-0.4, -0.2) is 10.5 Å². The minimum atomic E-state index is -0.568. The Bertz CT molecular complexity index is 1310. The van der Waals surface area contributed by atoms with Crippen molar-refractivity contribution in [1.82, 2.24) is 4.57 Å². The molecule has 2 aromatic carbocycles. The van der Waals surface area contributed by atoms with Gasteiger partial charge in [-0.15, -0.1) is 0 Å². The first-order valence-corrected chi connectivity index (χ1v) is 10.3. The van der Waals surface area contributed by atoms with Crippen molar-refractivity contribution in [3.05, 3.63) is 110 Å². The predicted octanol–water partition coefficient (Wildman–Crippen LogP) is 6.02. The Kier molecular flexibility index (Phi) is 5.98. The van der Waals surface area contributed by atoms with Crippen molar-refractivity contribution in [2.45, 2.75) is 13.5 Å². The standard InChI is InChI=1S/C24H18Cl2N2O3/c1-15-13-21(29)22(24(30)27-20-11-5-4-10-19(20)26)23(17-8-2-3-9-18(17)25)28(15)14-16-7-6-12-31-16/h2-13H,14H2,1H3,(H,27,30). The second-order valence-corrected chi connectivity index (χ2v) is 7.77. The van der Waals surface area contributed by atoms with E-state index in [-0.39, 0.29) is 5.56 Å². The van der Waals surface area contributed by atoms with Crippen molar-refractivity contribution in [2.75, 3.05) is 5.32 Å². The maximum atomic E-state index is 13.3. The van der Waals surface area contributed by atoms with E-state index in [1.807, 2.05) is 10.6 Å². The molecule has 5 nitrogen and oxygen atoms in total. The summed E-state index contributed by atoms with van der Waals surface area (Å²) in [4.78, 5) is 26.4. The summed E-state index contributed by atoms with van der Waals surface area (Å²) in [6.45, 7) is 2.13. The first-order chi connectivity index (χ1) is 15.0. The molecule has 0 spiro atoms. The van der Waals surface area contributed by atoms with Crippen LogP contribution in [0.25, 0.3) is 11.3 Å². The van der Waals surface area contributed by atoms with Gasteiger partial charge in [-0.05, 0) is 37.3 Å². The molecule has 4 aromatic rings. The van der Waals surface area contributed by atoms with E-state index in [2.05, 4.69) is 5.32 Å². The smallest absolute Gasteiger partial charge is 0.261 e. The highest BCUT2D eigenvalue weighted by Gasteiger charge is 2.24. The molecule has 0 aliphatic rings. The molecular formula is C24H18Cl2N2O3. The number of amides is 1. The number of aromatic nitrogens is 1. The Hall–Kier alpha value is -3.28. The van der Waals surface area contributed by atoms with Gasteiger partial charge in [0.2, 0.25) is 0 Å². The van der Waals surface area contributed by atoms with Crippen LogP contribution < -0.4 is 10.7 Å². The average Bonchev–Trinajstić information content (AvgIpc) is 3.25. The van der Waals surface area contributed by atoms with Gasteiger partial charge in [-0.3, -0.25) is 9.59 Å². The van der Waals surface area contributed by atoms with Crippen LogP contribution in [0.5, 0.6) is 0 Å². The topological polar surface area (TPSA) is 64.2 Å². The number of benzene rings is 2. The molecule has 1 N–H and O–H groups in total. The number of nitrogens with zero attached hydrogens (tertiary/aromatic N) is 1. The summed E-state index contributed by atoms with van der Waals surface area (Å²) >= 11 is 12.7. The molecule has 0 radical (unpaired) electrons. The zero-order valence-electron chi connectivity index (χ0n) is 16.6. The minimum absolute atomic E-state index is 0.0230. The molecule has 0 unspecified atom stereocenters. The van der Waals surface area contributed by atoms with Crippen molar-refractivity contribution < 1.29 is 9.21 Å². The summed E-state index contributed by atoms with van der Waals surface area (Å²) in [6.07, 6.45) is 1.58. The first kappa shape index (κ1) is 21.0. The van der Waals surface area contributed by atoms with Gasteiger partial charge in [-0.1, -0.05) is 53.5 Å². The van der Waals surface area contributed by atoms with Crippen LogP contribution in [0.1, 0.15) is 21.8 Å². The van der Waals surface area contributed by atoms with Crippen LogP contribution >= 0.6 is 23.2 Å². The van der Waals surface area contributed by atoms with Crippen LogP contribution in [0.15, 0.2) is 82.2 Å². The molecule has 0 aliphatic carbocycles. The quantitative estimate of drug-likeness (QED) is 0.402. The molecule has 156 valence electrons. The summed E-state index contributed by atoms with van der Waals surface area (Å²) < 4.78 is 7.36. The number of carbonyl (C=O) groups excluding carboxylic acids is 1. The number of aryl methyl sites for hydroxylation is 1. The molecule has 1 amide bonds. The third-order valence-electron chi connectivity index (χ3n) is 4.89. The highest BCUT2D eigenvalue weighted by Crippen LogP contribution is 2.31. The number of anilines is 1. The van der Waals surface area contributed by atoms with Gasteiger partial charge in [-0.2, -0.15) is 0 Å². The van der Waals surface area contributed by atoms with Crippen LogP contribution in [0, 0.1) is 6.92 Å². The van der Waals surface area contributed by atoms with Crippen molar-refractivity contribution in [3.8, 4) is 11.3 Å². The number of para-hydroxylation sites is 1. The number of furan rings is 1. The predicted molar refractivity (Wildman–Crippen MR) is 123 cm³/mol. The summed E-state index contributed by atoms with van der Waals surface area (Å²) in [5.74, 6) is 0.110. The summed E-state index contributed by atoms with van der Waals surface area (Å²) in [7, 11) is 0. The first-order valence-electron chi connectivity index (χ1n) is 9.53. The van der Waals surface area contributed by atoms with E-state index in [0.717, 1.165) is 0 Å². The molecule has 0 bridgehead atoms. The van der Waals surface area contributed by atoms with Gasteiger partial charge in [0, 0.05) is 22.3 Å². The van der Waals surface area contributed by atoms with E-state index >= 15 is 0 Å². The van der Waals surface area contributed by atoms with E-state index in [4.69, 9.17) is 27.6 Å². The van der Waals surface area contributed by atoms with Gasteiger partial charge in [0.15, 0.2) is 5.43 Å². The van der Waals surface area contributed by atoms with Gasteiger partial charge in [0.25, 0.3) is 5.91 Å². The van der Waals surface area contributed by atoms with Crippen LogP contribution in [0.2, 0.25) is 10.0 Å². The number of hydrogen-bond acceptors (Lipinski definition) is 3. The highest BCUT2D eigenvalue weighted by atomic mass is 35.5. The van der Waals surface area contributed by atoms with Gasteiger partial charge < -0.3 is 14.3 Å². The van der Waals surface area contributed by atoms with Crippen LogP contribution in [-0.2, 0) is 6.54 Å². The van der Waals surface area contributed by atoms with Crippen molar-refractivity contribution in [1.29, 1.82) is 0 Å². The summed E-state index contributed by atoms with van der Waals surface area (Å²) in [6, 6.07) is 19.0. The van der Waals surface area contributed by atoms with E-state index in [1.165, 1.54) is 6.07 Å². The molecule has 0 atom stereocenters. The third-order valence-corrected chi connectivity index (χ3v) is 5.55. The second kappa shape index (κ2) is 8.84. The largest absolute Gasteiger partial charge is 0.467 e. The lowest BCUT2D eigenvalue weighted by atomic mass is 10.0. The number of hydrogen-bond donors (Lipinski definition) is 1. The fourth-order valence-corrected chi connectivity index (χ4v) is 3.84. The third kappa shape index (κ3) is 4.29. The summed E-state index contributed by atoms with van der Waals surface area (Å²) in [5.41, 5.74) is 1.64. The van der Waals surface area contributed by atoms with Crippen molar-refractivity contribution in [3.63, 3.8) is 0 Å². The van der Waals surface area contributed by atoms with Gasteiger partial charge in [-0.25, -0.2) is 0 Å². The molecule has 0 saturated heterocycles. The van der Waals surface area contributed by atoms with Crippen molar-refractivity contribution in [2.24, 2.45) is 0 Å². The SMILES string of the molecule is Cc1cc(=O)c(C(=O)Nc2ccccc2Cl)c(-c2ccccc2Cl)n1Cc1ccco1. The Morgan fingerprint density at radius 3 is 2.39 bits per heavy atom. The van der Waals surface area contributed by atoms with Gasteiger partial charge in [0.05, 0.1) is 29.2 Å². The molecule has 2 aromatic heterocycles. The molecule has 0 fully saturated rings. The van der Waals surface area contributed by atoms with E-state index in [0.29, 0.717) is 45.0 Å².